The van der Waals surface area contributed by atoms with Gasteiger partial charge in [0, 0.05) is 26.1 Å². The van der Waals surface area contributed by atoms with Gasteiger partial charge in [0.1, 0.15) is 0 Å². The van der Waals surface area contributed by atoms with Gasteiger partial charge in [-0.25, -0.2) is 4.79 Å². The van der Waals surface area contributed by atoms with Gasteiger partial charge >= 0.3 is 12.0 Å². The molecule has 0 aromatic carbocycles. The summed E-state index contributed by atoms with van der Waals surface area (Å²) in [5.74, 6) is 0.0102. The lowest BCUT2D eigenvalue weighted by molar-refractivity contribution is -0.137. The summed E-state index contributed by atoms with van der Waals surface area (Å²) in [6.45, 7) is 8.97. The van der Waals surface area contributed by atoms with Crippen molar-refractivity contribution in [2.75, 3.05) is 13.6 Å². The second-order valence-corrected chi connectivity index (χ2v) is 6.04. The van der Waals surface area contributed by atoms with Gasteiger partial charge in [0.05, 0.1) is 0 Å². The number of nitrogens with zero attached hydrogens (tertiary/aromatic N) is 1. The smallest absolute Gasteiger partial charge is 0.317 e. The Balaban J connectivity index is 4.18. The van der Waals surface area contributed by atoms with E-state index < -0.39 is 5.97 Å². The quantitative estimate of drug-likeness (QED) is 0.650. The normalized spacial score (nSPS) is 12.5. The van der Waals surface area contributed by atoms with Gasteiger partial charge < -0.3 is 15.3 Å². The zero-order chi connectivity index (χ0) is 16.4. The third kappa shape index (κ3) is 7.93. The number of carbonyl (C=O) groups excluding carboxylic acids is 1. The number of amides is 2. The van der Waals surface area contributed by atoms with Crippen molar-refractivity contribution in [2.45, 2.75) is 65.8 Å². The number of urea groups is 1. The van der Waals surface area contributed by atoms with Gasteiger partial charge in [0.25, 0.3) is 0 Å². The molecule has 0 spiro atoms. The molecule has 0 radical (unpaired) electrons. The van der Waals surface area contributed by atoms with E-state index in [0.29, 0.717) is 24.8 Å². The largest absolute Gasteiger partial charge is 0.481 e. The van der Waals surface area contributed by atoms with Gasteiger partial charge in [-0.05, 0) is 37.5 Å². The van der Waals surface area contributed by atoms with Crippen LogP contribution in [-0.2, 0) is 4.79 Å². The van der Waals surface area contributed by atoms with Crippen LogP contribution in [0.3, 0.4) is 0 Å². The van der Waals surface area contributed by atoms with E-state index in [0.717, 1.165) is 19.3 Å². The Morgan fingerprint density at radius 1 is 1.14 bits per heavy atom. The molecule has 0 aromatic heterocycles. The summed E-state index contributed by atoms with van der Waals surface area (Å²) in [6.07, 6.45) is 3.60. The fourth-order valence-corrected chi connectivity index (χ4v) is 2.61. The highest BCUT2D eigenvalue weighted by Crippen LogP contribution is 2.20. The van der Waals surface area contributed by atoms with E-state index in [4.69, 9.17) is 5.11 Å². The summed E-state index contributed by atoms with van der Waals surface area (Å²) >= 11 is 0. The maximum atomic E-state index is 12.0. The van der Waals surface area contributed by atoms with E-state index in [1.807, 2.05) is 7.05 Å². The Morgan fingerprint density at radius 2 is 1.71 bits per heavy atom. The maximum Gasteiger partial charge on any atom is 0.317 e. The van der Waals surface area contributed by atoms with E-state index in [1.54, 1.807) is 4.90 Å². The van der Waals surface area contributed by atoms with Crippen molar-refractivity contribution in [2.24, 2.45) is 11.8 Å². The van der Waals surface area contributed by atoms with Crippen molar-refractivity contribution in [1.82, 2.24) is 10.2 Å². The van der Waals surface area contributed by atoms with Crippen LogP contribution in [0, 0.1) is 11.8 Å². The monoisotopic (exact) mass is 300 g/mol. The van der Waals surface area contributed by atoms with E-state index in [1.165, 1.54) is 0 Å². The molecule has 0 aliphatic heterocycles. The number of carbonyl (C=O) groups is 2. The Hall–Kier alpha value is -1.26. The minimum atomic E-state index is -0.752. The van der Waals surface area contributed by atoms with Gasteiger partial charge in [0.15, 0.2) is 0 Å². The zero-order valence-corrected chi connectivity index (χ0v) is 14.2. The Bertz CT molecular complexity index is 315. The molecule has 0 saturated carbocycles. The van der Waals surface area contributed by atoms with Crippen LogP contribution in [0.25, 0.3) is 0 Å². The predicted molar refractivity (Wildman–Crippen MR) is 85.3 cm³/mol. The van der Waals surface area contributed by atoms with Crippen LogP contribution >= 0.6 is 0 Å². The number of carboxylic acids is 1. The van der Waals surface area contributed by atoms with Crippen molar-refractivity contribution >= 4 is 12.0 Å². The number of hydrogen-bond acceptors (Lipinski definition) is 2. The summed E-state index contributed by atoms with van der Waals surface area (Å²) in [6, 6.07) is 0.238. The first-order chi connectivity index (χ1) is 9.83. The lowest BCUT2D eigenvalue weighted by atomic mass is 9.88. The van der Waals surface area contributed by atoms with E-state index in [2.05, 4.69) is 33.0 Å². The minimum Gasteiger partial charge on any atom is -0.481 e. The van der Waals surface area contributed by atoms with Crippen LogP contribution < -0.4 is 5.32 Å². The van der Waals surface area contributed by atoms with Gasteiger partial charge in [-0.2, -0.15) is 0 Å². The molecule has 1 atom stereocenters. The summed E-state index contributed by atoms with van der Waals surface area (Å²) in [4.78, 5) is 24.5. The lowest BCUT2D eigenvalue weighted by Gasteiger charge is -2.27. The number of rotatable bonds is 10. The third-order valence-electron chi connectivity index (χ3n) is 4.27. The van der Waals surface area contributed by atoms with Gasteiger partial charge in [-0.15, -0.1) is 0 Å². The highest BCUT2D eigenvalue weighted by atomic mass is 16.4. The molecule has 2 N–H and O–H groups in total. The number of carboxylic acid groups (broad SMARTS) is 1. The summed E-state index contributed by atoms with van der Waals surface area (Å²) < 4.78 is 0. The fraction of sp³-hybridized carbons (Fsp3) is 0.875. The average molecular weight is 300 g/mol. The standard InChI is InChI=1S/C16H32N2O3/c1-6-14(7-2)18(5)16(21)17-11-10-13(12(3)4)8-9-15(19)20/h12-14H,6-11H2,1-5H3,(H,17,21)(H,19,20). The highest BCUT2D eigenvalue weighted by Gasteiger charge is 2.18. The van der Waals surface area contributed by atoms with Crippen molar-refractivity contribution in [3.05, 3.63) is 0 Å². The fourth-order valence-electron chi connectivity index (χ4n) is 2.61. The summed E-state index contributed by atoms with van der Waals surface area (Å²) in [7, 11) is 1.83. The van der Waals surface area contributed by atoms with E-state index in [-0.39, 0.29) is 18.5 Å². The van der Waals surface area contributed by atoms with Gasteiger partial charge in [-0.1, -0.05) is 27.7 Å². The van der Waals surface area contributed by atoms with Gasteiger partial charge in [0.2, 0.25) is 0 Å². The number of hydrogen-bond donors (Lipinski definition) is 2. The molecule has 0 aromatic rings. The second-order valence-electron chi connectivity index (χ2n) is 6.04. The van der Waals surface area contributed by atoms with Crippen molar-refractivity contribution in [3.8, 4) is 0 Å². The van der Waals surface area contributed by atoms with Crippen LogP contribution in [0.2, 0.25) is 0 Å². The topological polar surface area (TPSA) is 69.6 Å². The number of nitrogens with one attached hydrogen (secondary N) is 1. The Labute approximate surface area is 129 Å². The molecule has 1 unspecified atom stereocenters. The van der Waals surface area contributed by atoms with Crippen molar-refractivity contribution < 1.29 is 14.7 Å². The molecular formula is C16H32N2O3. The minimum absolute atomic E-state index is 0.0376. The zero-order valence-electron chi connectivity index (χ0n) is 14.2. The first kappa shape index (κ1) is 19.7. The highest BCUT2D eigenvalue weighted by molar-refractivity contribution is 5.74. The molecule has 2 amide bonds. The molecule has 0 rings (SSSR count). The van der Waals surface area contributed by atoms with Crippen LogP contribution in [-0.4, -0.2) is 41.6 Å². The molecule has 5 nitrogen and oxygen atoms in total. The first-order valence-electron chi connectivity index (χ1n) is 8.05. The van der Waals surface area contributed by atoms with Crippen molar-refractivity contribution in [1.29, 1.82) is 0 Å². The van der Waals surface area contributed by atoms with E-state index in [9.17, 15) is 9.59 Å². The predicted octanol–water partition coefficient (Wildman–Crippen LogP) is 3.34. The van der Waals surface area contributed by atoms with Crippen molar-refractivity contribution in [3.63, 3.8) is 0 Å². The van der Waals surface area contributed by atoms with E-state index >= 15 is 0 Å². The average Bonchev–Trinajstić information content (AvgIpc) is 2.42. The van der Waals surface area contributed by atoms with Crippen LogP contribution in [0.1, 0.15) is 59.8 Å². The molecule has 0 fully saturated rings. The summed E-state index contributed by atoms with van der Waals surface area (Å²) in [5, 5.41) is 11.7. The molecule has 0 saturated heterocycles. The second kappa shape index (κ2) is 10.5. The molecule has 0 bridgehead atoms. The molecule has 5 heteroatoms. The molecule has 0 heterocycles. The van der Waals surface area contributed by atoms with Crippen LogP contribution in [0.4, 0.5) is 4.79 Å². The third-order valence-corrected chi connectivity index (χ3v) is 4.27. The molecule has 21 heavy (non-hydrogen) atoms. The molecule has 0 aliphatic carbocycles. The SMILES string of the molecule is CCC(CC)N(C)C(=O)NCCC(CCC(=O)O)C(C)C. The number of aliphatic carboxylic acids is 1. The maximum absolute atomic E-state index is 12.0. The molecular weight excluding hydrogens is 268 g/mol. The van der Waals surface area contributed by atoms with Crippen LogP contribution in [0.15, 0.2) is 0 Å². The lowest BCUT2D eigenvalue weighted by Crippen LogP contribution is -2.43. The molecule has 124 valence electrons. The first-order valence-corrected chi connectivity index (χ1v) is 8.05. The Kier molecular flexibility index (Phi) is 9.84. The Morgan fingerprint density at radius 3 is 2.14 bits per heavy atom. The van der Waals surface area contributed by atoms with Gasteiger partial charge in [-0.3, -0.25) is 4.79 Å². The summed E-state index contributed by atoms with van der Waals surface area (Å²) in [5.41, 5.74) is 0. The van der Waals surface area contributed by atoms with Crippen LogP contribution in [0.5, 0.6) is 0 Å². The molecule has 0 aliphatic rings.